The summed E-state index contributed by atoms with van der Waals surface area (Å²) in [7, 11) is 1.52. The van der Waals surface area contributed by atoms with Gasteiger partial charge in [-0.15, -0.1) is 0 Å². The Bertz CT molecular complexity index is 1980. The van der Waals surface area contributed by atoms with Gasteiger partial charge in [-0.1, -0.05) is 20.3 Å². The average molecular weight is 746 g/mol. The first-order valence-electron chi connectivity index (χ1n) is 20.1. The molecule has 292 valence electrons. The fourth-order valence-corrected chi connectivity index (χ4v) is 10.3. The maximum absolute atomic E-state index is 17.2. The minimum absolute atomic E-state index is 0.00694. The number of aliphatic hydroxyl groups is 1. The van der Waals surface area contributed by atoms with Crippen LogP contribution in [0.4, 0.5) is 10.2 Å². The van der Waals surface area contributed by atoms with Gasteiger partial charge in [-0.3, -0.25) is 10.00 Å². The molecule has 2 aliphatic carbocycles. The molecule has 3 saturated heterocycles. The molecule has 9 rings (SSSR count). The lowest BCUT2D eigenvalue weighted by molar-refractivity contribution is -0.112. The van der Waals surface area contributed by atoms with E-state index in [1.807, 2.05) is 38.7 Å². The number of nitrogens with zero attached hydrogens (tertiary/aromatic N) is 6. The minimum Gasteiger partial charge on any atom is -0.480 e. The van der Waals surface area contributed by atoms with E-state index in [-0.39, 0.29) is 41.7 Å². The molecule has 0 radical (unpaired) electrons. The van der Waals surface area contributed by atoms with Crippen LogP contribution in [-0.2, 0) is 9.47 Å². The maximum Gasteiger partial charge on any atom is 0.319 e. The van der Waals surface area contributed by atoms with Crippen molar-refractivity contribution in [3.05, 3.63) is 29.2 Å². The van der Waals surface area contributed by atoms with E-state index in [0.29, 0.717) is 54.0 Å². The van der Waals surface area contributed by atoms with Crippen molar-refractivity contribution in [2.45, 2.75) is 104 Å². The molecule has 2 N–H and O–H groups in total. The number of hydrogen-bond acceptors (Lipinski definition) is 11. The highest BCUT2D eigenvalue weighted by Crippen LogP contribution is 2.56. The molecule has 0 bridgehead atoms. The minimum atomic E-state index is -0.748. The highest BCUT2D eigenvalue weighted by atomic mass is 19.1. The van der Waals surface area contributed by atoms with Crippen molar-refractivity contribution >= 4 is 27.6 Å². The fraction of sp³-hybridized carbons (Fsp3) is 0.659. The Hall–Kier alpha value is -3.65. The molecule has 3 aromatic heterocycles. The number of hydrogen-bond donors (Lipinski definition) is 2. The normalized spacial score (nSPS) is 25.9. The van der Waals surface area contributed by atoms with Gasteiger partial charge in [-0.05, 0) is 94.4 Å². The van der Waals surface area contributed by atoms with E-state index in [4.69, 9.17) is 33.9 Å². The Balaban J connectivity index is 0.00000203. The molecule has 2 saturated carbocycles. The first-order valence-corrected chi connectivity index (χ1v) is 20.1. The number of piperidine rings is 1. The van der Waals surface area contributed by atoms with Crippen LogP contribution in [0.1, 0.15) is 82.8 Å². The van der Waals surface area contributed by atoms with Gasteiger partial charge in [-0.2, -0.15) is 15.1 Å². The predicted octanol–water partition coefficient (Wildman–Crippen LogP) is 6.53. The van der Waals surface area contributed by atoms with E-state index < -0.39 is 11.9 Å². The van der Waals surface area contributed by atoms with Crippen LogP contribution in [0.15, 0.2) is 12.3 Å². The van der Waals surface area contributed by atoms with Crippen LogP contribution in [0, 0.1) is 30.5 Å². The van der Waals surface area contributed by atoms with Gasteiger partial charge in [0.1, 0.15) is 22.4 Å². The number of halogens is 1. The number of likely N-dealkylation sites (tertiary alicyclic amines) is 1. The molecule has 13 heteroatoms. The molecule has 3 unspecified atom stereocenters. The molecule has 5 aliphatic rings. The van der Waals surface area contributed by atoms with Gasteiger partial charge in [0.2, 0.25) is 5.88 Å². The highest BCUT2D eigenvalue weighted by Gasteiger charge is 2.55. The Morgan fingerprint density at radius 3 is 2.61 bits per heavy atom. The van der Waals surface area contributed by atoms with Crippen LogP contribution in [0.25, 0.3) is 33.1 Å². The average Bonchev–Trinajstić information content (AvgIpc) is 3.77. The first-order chi connectivity index (χ1) is 26.3. The lowest BCUT2D eigenvalue weighted by atomic mass is 9.60. The van der Waals surface area contributed by atoms with E-state index in [0.717, 1.165) is 61.1 Å². The summed E-state index contributed by atoms with van der Waals surface area (Å²) in [6.07, 6.45) is 11.5. The van der Waals surface area contributed by atoms with Gasteiger partial charge in [0.25, 0.3) is 0 Å². The smallest absolute Gasteiger partial charge is 0.319 e. The topological polar surface area (TPSA) is 131 Å². The number of β-amino-alcohol motifs (C(OH)–C–C–N with tert-alkyl or cyclic N) is 1. The third-order valence-corrected chi connectivity index (χ3v) is 13.2. The van der Waals surface area contributed by atoms with Gasteiger partial charge in [-0.25, -0.2) is 9.37 Å². The maximum atomic E-state index is 17.2. The summed E-state index contributed by atoms with van der Waals surface area (Å²) in [4.78, 5) is 19.3. The molecule has 6 heterocycles. The second-order valence-corrected chi connectivity index (χ2v) is 16.1. The van der Waals surface area contributed by atoms with Crippen LogP contribution >= 0.6 is 0 Å². The Labute approximate surface area is 317 Å². The Morgan fingerprint density at radius 2 is 1.81 bits per heavy atom. The largest absolute Gasteiger partial charge is 0.480 e. The fourth-order valence-electron chi connectivity index (χ4n) is 10.3. The molecular formula is C41H56FN7O5. The third-order valence-electron chi connectivity index (χ3n) is 13.2. The number of aromatic amines is 1. The zero-order valence-electron chi connectivity index (χ0n) is 32.5. The highest BCUT2D eigenvalue weighted by molar-refractivity contribution is 6.01. The molecule has 5 fully saturated rings. The van der Waals surface area contributed by atoms with Gasteiger partial charge < -0.3 is 29.0 Å². The van der Waals surface area contributed by atoms with Crippen molar-refractivity contribution in [1.29, 1.82) is 0 Å². The zero-order valence-corrected chi connectivity index (χ0v) is 32.5. The second-order valence-electron chi connectivity index (χ2n) is 16.1. The van der Waals surface area contributed by atoms with Gasteiger partial charge in [0, 0.05) is 54.8 Å². The number of ether oxygens (including phenoxy) is 4. The SMILES string of the molecule is CC.COc1nc(-c2c(C)c(C)cc3[nH]ncc23)c(F)c2nc(OCC34CCCC3N(C3CC5(CCOCC5)C3)CCC4)nc(N3CCOCC(O)C3)c12. The van der Waals surface area contributed by atoms with Crippen molar-refractivity contribution in [3.63, 3.8) is 0 Å². The predicted molar refractivity (Wildman–Crippen MR) is 206 cm³/mol. The van der Waals surface area contributed by atoms with Crippen molar-refractivity contribution < 1.29 is 28.4 Å². The standard InChI is InChI=1S/C39H50FN7O5.C2H6/c1-23-16-28-27(19-41-45-28)30(24(23)2)33-32(40)34-31(36(42-33)49-3)35(46-12-15-51-21-26(48)20-46)44-37(43-34)52-22-39-7-4-6-29(39)47(11-5-8-39)25-17-38(18-25)9-13-50-14-10-38;1-2/h16,19,25-26,29,48H,4-15,17-18,20-22H2,1-3H3,(H,41,45);1-2H3. The molecular weight excluding hydrogens is 689 g/mol. The number of anilines is 1. The monoisotopic (exact) mass is 745 g/mol. The molecule has 3 aliphatic heterocycles. The molecule has 4 aromatic rings. The summed E-state index contributed by atoms with van der Waals surface area (Å²) in [5, 5.41) is 19.1. The molecule has 0 amide bonds. The van der Waals surface area contributed by atoms with Crippen molar-refractivity contribution in [1.82, 2.24) is 30.0 Å². The quantitative estimate of drug-likeness (QED) is 0.214. The van der Waals surface area contributed by atoms with E-state index in [1.165, 1.54) is 45.6 Å². The summed E-state index contributed by atoms with van der Waals surface area (Å²) in [6, 6.07) is 3.21. The number of fused-ring (bicyclic) bond motifs is 3. The number of H-pyrrole nitrogens is 1. The van der Waals surface area contributed by atoms with E-state index >= 15 is 4.39 Å². The van der Waals surface area contributed by atoms with Crippen molar-refractivity contribution in [3.8, 4) is 23.1 Å². The molecule has 54 heavy (non-hydrogen) atoms. The summed E-state index contributed by atoms with van der Waals surface area (Å²) in [6.45, 7) is 12.6. The Kier molecular flexibility index (Phi) is 10.4. The van der Waals surface area contributed by atoms with E-state index in [2.05, 4.69) is 15.1 Å². The summed E-state index contributed by atoms with van der Waals surface area (Å²) in [5.74, 6) is 0.0287. The van der Waals surface area contributed by atoms with Crippen LogP contribution in [0.5, 0.6) is 11.9 Å². The molecule has 12 nitrogen and oxygen atoms in total. The van der Waals surface area contributed by atoms with Crippen LogP contribution in [0.2, 0.25) is 0 Å². The third kappa shape index (κ3) is 6.48. The lowest BCUT2D eigenvalue weighted by Crippen LogP contribution is -2.61. The van der Waals surface area contributed by atoms with Crippen LogP contribution in [-0.4, -0.2) is 113 Å². The number of nitrogens with one attached hydrogen (secondary N) is 1. The Morgan fingerprint density at radius 1 is 1.02 bits per heavy atom. The van der Waals surface area contributed by atoms with Crippen LogP contribution < -0.4 is 14.4 Å². The van der Waals surface area contributed by atoms with Crippen molar-refractivity contribution in [2.24, 2.45) is 10.8 Å². The second kappa shape index (κ2) is 15.1. The van der Waals surface area contributed by atoms with Crippen molar-refractivity contribution in [2.75, 3.05) is 64.7 Å². The van der Waals surface area contributed by atoms with Gasteiger partial charge in [0.05, 0.1) is 44.7 Å². The van der Waals surface area contributed by atoms with Crippen LogP contribution in [0.3, 0.4) is 0 Å². The number of aromatic nitrogens is 5. The molecule has 1 spiro atoms. The number of aliphatic hydroxyl groups excluding tert-OH is 1. The van der Waals surface area contributed by atoms with E-state index in [1.54, 1.807) is 6.20 Å². The molecule has 3 atom stereocenters. The number of benzene rings is 1. The molecule has 1 aromatic carbocycles. The number of rotatable bonds is 7. The number of aryl methyl sites for hydroxylation is 1. The number of pyridine rings is 1. The van der Waals surface area contributed by atoms with Gasteiger partial charge in [0.15, 0.2) is 5.82 Å². The first kappa shape index (κ1) is 37.3. The van der Waals surface area contributed by atoms with E-state index in [9.17, 15) is 5.11 Å². The number of methoxy groups -OCH3 is 1. The zero-order chi connectivity index (χ0) is 37.6. The summed E-state index contributed by atoms with van der Waals surface area (Å²) >= 11 is 0. The summed E-state index contributed by atoms with van der Waals surface area (Å²) in [5.41, 5.74) is 3.97. The summed E-state index contributed by atoms with van der Waals surface area (Å²) < 4.78 is 41.2. The lowest BCUT2D eigenvalue weighted by Gasteiger charge is -2.58. The van der Waals surface area contributed by atoms with Gasteiger partial charge >= 0.3 is 6.01 Å².